The number of nitrogens with one attached hydrogen (secondary N) is 2. The third-order valence-corrected chi connectivity index (χ3v) is 6.52. The lowest BCUT2D eigenvalue weighted by Crippen LogP contribution is -2.14. The molecule has 4 rings (SSSR count). The summed E-state index contributed by atoms with van der Waals surface area (Å²) < 4.78 is 35.4. The Morgan fingerprint density at radius 1 is 1.12 bits per heavy atom. The molecule has 0 saturated carbocycles. The number of hydrogen-bond donors (Lipinski definition) is 2. The van der Waals surface area contributed by atoms with Crippen molar-refractivity contribution in [2.24, 2.45) is 0 Å². The monoisotopic (exact) mass is 454 g/mol. The van der Waals surface area contributed by atoms with Crippen molar-refractivity contribution < 1.29 is 22.7 Å². The molecule has 0 saturated heterocycles. The van der Waals surface area contributed by atoms with E-state index in [1.165, 1.54) is 17.9 Å². The first-order valence-electron chi connectivity index (χ1n) is 10.0. The van der Waals surface area contributed by atoms with Crippen LogP contribution in [0.15, 0.2) is 53.4 Å². The summed E-state index contributed by atoms with van der Waals surface area (Å²) in [6.45, 7) is 1.87. The molecule has 1 amide bonds. The van der Waals surface area contributed by atoms with Gasteiger partial charge in [0.05, 0.1) is 12.8 Å². The molecule has 32 heavy (non-hydrogen) atoms. The molecular formula is C22H22N4O5S. The van der Waals surface area contributed by atoms with E-state index in [1.807, 2.05) is 6.92 Å². The molecule has 2 N–H and O–H groups in total. The summed E-state index contributed by atoms with van der Waals surface area (Å²) in [5.74, 6) is -0.188. The maximum Gasteiger partial charge on any atom is 0.265 e. The number of methoxy groups -OCH3 is 1. The zero-order chi connectivity index (χ0) is 22.9. The van der Waals surface area contributed by atoms with Crippen molar-refractivity contribution in [2.45, 2.75) is 31.1 Å². The second-order valence-electron chi connectivity index (χ2n) is 7.21. The molecule has 166 valence electrons. The Labute approximate surface area is 185 Å². The molecule has 0 aliphatic carbocycles. The van der Waals surface area contributed by atoms with Gasteiger partial charge in [0.15, 0.2) is 0 Å². The van der Waals surface area contributed by atoms with Crippen molar-refractivity contribution >= 4 is 33.3 Å². The number of hydrogen-bond acceptors (Lipinski definition) is 6. The highest BCUT2D eigenvalue weighted by Gasteiger charge is 2.28. The highest BCUT2D eigenvalue weighted by Crippen LogP contribution is 2.37. The van der Waals surface area contributed by atoms with Gasteiger partial charge in [-0.2, -0.15) is 9.78 Å². The van der Waals surface area contributed by atoms with Gasteiger partial charge in [0.2, 0.25) is 11.8 Å². The van der Waals surface area contributed by atoms with E-state index in [9.17, 15) is 18.0 Å². The standard InChI is InChI=1S/C22H22N4O5S/c1-3-16-21(22-23-19(27)11-12-20(28)26(22)24-16)14-9-10-17(31-2)18(13-14)32(29,30)25-15-7-5-4-6-8-15/h4-10,13,25H,3,11-12H2,1-2H3,(H,23,27). The van der Waals surface area contributed by atoms with Crippen LogP contribution >= 0.6 is 0 Å². The third kappa shape index (κ3) is 3.96. The average Bonchev–Trinajstić information content (AvgIpc) is 3.08. The molecule has 0 atom stereocenters. The number of rotatable bonds is 6. The fourth-order valence-electron chi connectivity index (χ4n) is 3.59. The topological polar surface area (TPSA) is 119 Å². The van der Waals surface area contributed by atoms with Gasteiger partial charge in [-0.05, 0) is 36.2 Å². The van der Waals surface area contributed by atoms with Gasteiger partial charge in [-0.1, -0.05) is 31.2 Å². The molecular weight excluding hydrogens is 432 g/mol. The predicted octanol–water partition coefficient (Wildman–Crippen LogP) is 3.29. The van der Waals surface area contributed by atoms with E-state index in [2.05, 4.69) is 15.1 Å². The van der Waals surface area contributed by atoms with Crippen LogP contribution in [-0.2, 0) is 21.2 Å². The molecule has 3 aromatic rings. The molecule has 0 unspecified atom stereocenters. The number of carbonyl (C=O) groups is 2. The highest BCUT2D eigenvalue weighted by atomic mass is 32.2. The van der Waals surface area contributed by atoms with Crippen molar-refractivity contribution in [2.75, 3.05) is 17.1 Å². The van der Waals surface area contributed by atoms with E-state index in [-0.39, 0.29) is 41.1 Å². The number of sulfonamides is 1. The van der Waals surface area contributed by atoms with Gasteiger partial charge < -0.3 is 10.1 Å². The zero-order valence-electron chi connectivity index (χ0n) is 17.6. The van der Waals surface area contributed by atoms with E-state index in [1.54, 1.807) is 42.5 Å². The molecule has 0 radical (unpaired) electrons. The van der Waals surface area contributed by atoms with Gasteiger partial charge in [-0.3, -0.25) is 14.3 Å². The number of ether oxygens (including phenoxy) is 1. The number of aromatic nitrogens is 2. The molecule has 0 bridgehead atoms. The number of carbonyl (C=O) groups excluding carboxylic acids is 2. The normalized spacial score (nSPS) is 13.8. The molecule has 1 aliphatic heterocycles. The summed E-state index contributed by atoms with van der Waals surface area (Å²) in [4.78, 5) is 24.6. The van der Waals surface area contributed by atoms with Crippen molar-refractivity contribution in [1.82, 2.24) is 9.78 Å². The van der Waals surface area contributed by atoms with Crippen LogP contribution < -0.4 is 14.8 Å². The van der Waals surface area contributed by atoms with Gasteiger partial charge >= 0.3 is 0 Å². The maximum atomic E-state index is 13.2. The van der Waals surface area contributed by atoms with Crippen LogP contribution in [0.2, 0.25) is 0 Å². The number of fused-ring (bicyclic) bond motifs is 1. The van der Waals surface area contributed by atoms with Gasteiger partial charge in [-0.15, -0.1) is 0 Å². The fourth-order valence-corrected chi connectivity index (χ4v) is 4.84. The number of benzene rings is 2. The molecule has 10 heteroatoms. The lowest BCUT2D eigenvalue weighted by Gasteiger charge is -2.14. The fraction of sp³-hybridized carbons (Fsp3) is 0.227. The van der Waals surface area contributed by atoms with Crippen LogP contribution in [0.25, 0.3) is 11.1 Å². The quantitative estimate of drug-likeness (QED) is 0.590. The second kappa shape index (κ2) is 8.46. The second-order valence-corrected chi connectivity index (χ2v) is 8.87. The molecule has 2 aromatic carbocycles. The van der Waals surface area contributed by atoms with Crippen LogP contribution in [0.3, 0.4) is 0 Å². The Balaban J connectivity index is 1.87. The number of anilines is 2. The smallest absolute Gasteiger partial charge is 0.265 e. The zero-order valence-corrected chi connectivity index (χ0v) is 18.4. The molecule has 1 aromatic heterocycles. The van der Waals surface area contributed by atoms with E-state index in [0.29, 0.717) is 28.9 Å². The number of aryl methyl sites for hydroxylation is 1. The number of amides is 1. The third-order valence-electron chi connectivity index (χ3n) is 5.12. The predicted molar refractivity (Wildman–Crippen MR) is 119 cm³/mol. The largest absolute Gasteiger partial charge is 0.495 e. The lowest BCUT2D eigenvalue weighted by atomic mass is 10.0. The molecule has 0 spiro atoms. The maximum absolute atomic E-state index is 13.2. The summed E-state index contributed by atoms with van der Waals surface area (Å²) in [7, 11) is -2.61. The summed E-state index contributed by atoms with van der Waals surface area (Å²) in [6, 6.07) is 13.2. The summed E-state index contributed by atoms with van der Waals surface area (Å²) >= 11 is 0. The minimum absolute atomic E-state index is 0.0480. The first-order chi connectivity index (χ1) is 15.3. The van der Waals surface area contributed by atoms with Crippen LogP contribution in [0.5, 0.6) is 5.75 Å². The lowest BCUT2D eigenvalue weighted by molar-refractivity contribution is -0.116. The van der Waals surface area contributed by atoms with Crippen LogP contribution in [0, 0.1) is 0 Å². The van der Waals surface area contributed by atoms with Gasteiger partial charge in [0, 0.05) is 24.1 Å². The Morgan fingerprint density at radius 3 is 2.56 bits per heavy atom. The Morgan fingerprint density at radius 2 is 1.88 bits per heavy atom. The Bertz CT molecular complexity index is 1300. The summed E-state index contributed by atoms with van der Waals surface area (Å²) in [5.41, 5.74) is 1.98. The van der Waals surface area contributed by atoms with Gasteiger partial charge in [0.1, 0.15) is 16.5 Å². The number of para-hydroxylation sites is 1. The minimum Gasteiger partial charge on any atom is -0.495 e. The average molecular weight is 455 g/mol. The molecule has 1 aliphatic rings. The first kappa shape index (κ1) is 21.6. The van der Waals surface area contributed by atoms with Crippen LogP contribution in [0.4, 0.5) is 11.5 Å². The summed E-state index contributed by atoms with van der Waals surface area (Å²) in [5, 5.41) is 7.12. The van der Waals surface area contributed by atoms with E-state index < -0.39 is 10.0 Å². The Kier molecular flexibility index (Phi) is 5.70. The molecule has 2 heterocycles. The van der Waals surface area contributed by atoms with Crippen LogP contribution in [0.1, 0.15) is 30.3 Å². The molecule has 0 fully saturated rings. The highest BCUT2D eigenvalue weighted by molar-refractivity contribution is 7.92. The van der Waals surface area contributed by atoms with E-state index in [4.69, 9.17) is 4.74 Å². The van der Waals surface area contributed by atoms with E-state index in [0.717, 1.165) is 0 Å². The summed E-state index contributed by atoms with van der Waals surface area (Å²) in [6.07, 6.45) is 0.591. The molecule has 9 nitrogen and oxygen atoms in total. The van der Waals surface area contributed by atoms with Crippen molar-refractivity contribution in [1.29, 1.82) is 0 Å². The van der Waals surface area contributed by atoms with Crippen molar-refractivity contribution in [3.8, 4) is 16.9 Å². The Hall–Kier alpha value is -3.66. The van der Waals surface area contributed by atoms with Gasteiger partial charge in [-0.25, -0.2) is 8.42 Å². The minimum atomic E-state index is -4.00. The first-order valence-corrected chi connectivity index (χ1v) is 11.5. The van der Waals surface area contributed by atoms with Gasteiger partial charge in [0.25, 0.3) is 10.0 Å². The van der Waals surface area contributed by atoms with Crippen molar-refractivity contribution in [3.63, 3.8) is 0 Å². The van der Waals surface area contributed by atoms with Crippen LogP contribution in [-0.4, -0.2) is 37.1 Å². The number of nitrogens with zero attached hydrogens (tertiary/aromatic N) is 2. The van der Waals surface area contributed by atoms with E-state index >= 15 is 0 Å². The SMILES string of the molecule is CCc1nn2c(c1-c1ccc(OC)c(S(=O)(=O)Nc3ccccc3)c1)NC(=O)CCC2=O. The van der Waals surface area contributed by atoms with Crippen molar-refractivity contribution in [3.05, 3.63) is 54.2 Å².